The molecule has 4 unspecified atom stereocenters. The van der Waals surface area contributed by atoms with Crippen molar-refractivity contribution in [1.82, 2.24) is 5.32 Å². The summed E-state index contributed by atoms with van der Waals surface area (Å²) in [5.41, 5.74) is 1.91. The third kappa shape index (κ3) is 2.03. The van der Waals surface area contributed by atoms with Crippen LogP contribution >= 0.6 is 0 Å². The molecule has 2 fully saturated rings. The van der Waals surface area contributed by atoms with Crippen LogP contribution in [0.4, 0.5) is 0 Å². The van der Waals surface area contributed by atoms with Gasteiger partial charge in [0.1, 0.15) is 0 Å². The van der Waals surface area contributed by atoms with E-state index in [9.17, 15) is 4.79 Å². The smallest absolute Gasteiger partial charge is 0.207 e. The average Bonchev–Trinajstić information content (AvgIpc) is 2.46. The second-order valence-corrected chi connectivity index (χ2v) is 7.62. The van der Waals surface area contributed by atoms with Crippen molar-refractivity contribution in [3.05, 3.63) is 35.9 Å². The number of carbonyl (C=O) groups excluding carboxylic acids is 1. The Morgan fingerprint density at radius 2 is 1.90 bits per heavy atom. The molecule has 1 N–H and O–H groups in total. The molecule has 2 aliphatic carbocycles. The Labute approximate surface area is 128 Å². The van der Waals surface area contributed by atoms with Crippen molar-refractivity contribution in [1.29, 1.82) is 0 Å². The molecule has 1 aromatic rings. The summed E-state index contributed by atoms with van der Waals surface area (Å²) in [5.74, 6) is 1.14. The number of fused-ring (bicyclic) bond motifs is 1. The van der Waals surface area contributed by atoms with E-state index in [4.69, 9.17) is 0 Å². The Morgan fingerprint density at radius 1 is 1.19 bits per heavy atom. The molecule has 0 radical (unpaired) electrons. The summed E-state index contributed by atoms with van der Waals surface area (Å²) in [5, 5.41) is 3.23. The van der Waals surface area contributed by atoms with Crippen LogP contribution in [0.15, 0.2) is 30.3 Å². The lowest BCUT2D eigenvalue weighted by molar-refractivity contribution is -0.117. The first-order valence-corrected chi connectivity index (χ1v) is 8.30. The van der Waals surface area contributed by atoms with Gasteiger partial charge in [0.25, 0.3) is 0 Å². The molecule has 2 aliphatic rings. The van der Waals surface area contributed by atoms with Gasteiger partial charge in [-0.3, -0.25) is 4.79 Å². The van der Waals surface area contributed by atoms with Crippen molar-refractivity contribution < 1.29 is 4.79 Å². The summed E-state index contributed by atoms with van der Waals surface area (Å²) in [4.78, 5) is 11.3. The highest BCUT2D eigenvalue weighted by molar-refractivity contribution is 5.49. The molecule has 0 spiro atoms. The van der Waals surface area contributed by atoms with Crippen LogP contribution in [0.2, 0.25) is 0 Å². The molecular formula is C19H27NO. The Kier molecular flexibility index (Phi) is 3.59. The zero-order valence-corrected chi connectivity index (χ0v) is 13.4. The van der Waals surface area contributed by atoms with Crippen LogP contribution in [-0.2, 0) is 10.2 Å². The van der Waals surface area contributed by atoms with Crippen LogP contribution in [-0.4, -0.2) is 12.5 Å². The van der Waals surface area contributed by atoms with Gasteiger partial charge in [0.2, 0.25) is 6.41 Å². The highest BCUT2D eigenvalue weighted by Gasteiger charge is 2.59. The fourth-order valence-electron chi connectivity index (χ4n) is 5.08. The van der Waals surface area contributed by atoms with E-state index in [1.54, 1.807) is 0 Å². The van der Waals surface area contributed by atoms with Gasteiger partial charge >= 0.3 is 0 Å². The Balaban J connectivity index is 2.07. The van der Waals surface area contributed by atoms with Crippen LogP contribution in [0.5, 0.6) is 0 Å². The van der Waals surface area contributed by atoms with Crippen LogP contribution in [0, 0.1) is 17.3 Å². The van der Waals surface area contributed by atoms with E-state index >= 15 is 0 Å². The lowest BCUT2D eigenvalue weighted by atomic mass is 9.44. The third-order valence-electron chi connectivity index (χ3n) is 6.58. The monoisotopic (exact) mass is 285 g/mol. The summed E-state index contributed by atoms with van der Waals surface area (Å²) in [6.07, 6.45) is 5.95. The Hall–Kier alpha value is -1.31. The van der Waals surface area contributed by atoms with E-state index in [-0.39, 0.29) is 11.5 Å². The molecule has 2 heteroatoms. The summed E-state index contributed by atoms with van der Waals surface area (Å²) in [6, 6.07) is 11.1. The van der Waals surface area contributed by atoms with Gasteiger partial charge in [-0.2, -0.15) is 0 Å². The molecule has 2 nitrogen and oxygen atoms in total. The zero-order valence-electron chi connectivity index (χ0n) is 13.4. The molecule has 0 aliphatic heterocycles. The summed E-state index contributed by atoms with van der Waals surface area (Å²) in [7, 11) is 0. The lowest BCUT2D eigenvalue weighted by Crippen LogP contribution is -2.65. The quantitative estimate of drug-likeness (QED) is 0.835. The van der Waals surface area contributed by atoms with E-state index in [1.165, 1.54) is 31.2 Å². The van der Waals surface area contributed by atoms with Crippen molar-refractivity contribution >= 4 is 6.41 Å². The van der Waals surface area contributed by atoms with Crippen LogP contribution in [0.1, 0.15) is 52.0 Å². The van der Waals surface area contributed by atoms with Crippen molar-refractivity contribution in [2.24, 2.45) is 17.3 Å². The first-order chi connectivity index (χ1) is 10.0. The highest BCUT2D eigenvalue weighted by Crippen LogP contribution is 2.61. The number of carbonyl (C=O) groups is 1. The van der Waals surface area contributed by atoms with Crippen molar-refractivity contribution in [2.75, 3.05) is 0 Å². The molecule has 0 saturated heterocycles. The number of benzene rings is 1. The summed E-state index contributed by atoms with van der Waals surface area (Å²) in [6.45, 7) is 7.04. The van der Waals surface area contributed by atoms with Gasteiger partial charge in [0, 0.05) is 11.5 Å². The molecule has 1 aromatic carbocycles. The number of amides is 1. The second kappa shape index (κ2) is 5.15. The Morgan fingerprint density at radius 3 is 2.43 bits per heavy atom. The summed E-state index contributed by atoms with van der Waals surface area (Å²) >= 11 is 0. The fourth-order valence-corrected chi connectivity index (χ4v) is 5.08. The molecule has 4 atom stereocenters. The van der Waals surface area contributed by atoms with Gasteiger partial charge in [-0.1, -0.05) is 51.1 Å². The maximum Gasteiger partial charge on any atom is 0.207 e. The lowest BCUT2D eigenvalue weighted by Gasteiger charge is -2.62. The fraction of sp³-hybridized carbons (Fsp3) is 0.632. The number of hydrogen-bond acceptors (Lipinski definition) is 1. The molecule has 114 valence electrons. The van der Waals surface area contributed by atoms with E-state index in [1.807, 2.05) is 0 Å². The normalized spacial score (nSPS) is 38.5. The molecule has 0 aromatic heterocycles. The van der Waals surface area contributed by atoms with Crippen LogP contribution in [0.25, 0.3) is 0 Å². The Bertz CT molecular complexity index is 512. The minimum Gasteiger partial charge on any atom is -0.355 e. The van der Waals surface area contributed by atoms with Gasteiger partial charge in [-0.15, -0.1) is 0 Å². The predicted molar refractivity (Wildman–Crippen MR) is 86.0 cm³/mol. The first kappa shape index (κ1) is 14.6. The standard InChI is InChI=1S/C19H27NO/c1-14(2)19(15-7-5-4-6-8-15)12-11-18(3)10-9-16(18)17(19)20-13-21/h4-8,13-14,16-17H,9-12H2,1-3H3,(H,20,21). The van der Waals surface area contributed by atoms with E-state index < -0.39 is 0 Å². The molecule has 3 rings (SSSR count). The average molecular weight is 285 g/mol. The van der Waals surface area contributed by atoms with Gasteiger partial charge < -0.3 is 5.32 Å². The molecular weight excluding hydrogens is 258 g/mol. The topological polar surface area (TPSA) is 29.1 Å². The van der Waals surface area contributed by atoms with E-state index in [2.05, 4.69) is 56.4 Å². The van der Waals surface area contributed by atoms with Gasteiger partial charge in [-0.25, -0.2) is 0 Å². The molecule has 2 saturated carbocycles. The van der Waals surface area contributed by atoms with Crippen molar-refractivity contribution in [3.8, 4) is 0 Å². The van der Waals surface area contributed by atoms with Crippen LogP contribution in [0.3, 0.4) is 0 Å². The highest BCUT2D eigenvalue weighted by atomic mass is 16.1. The predicted octanol–water partition coefficient (Wildman–Crippen LogP) is 3.91. The summed E-state index contributed by atoms with van der Waals surface area (Å²) < 4.78 is 0. The minimum atomic E-state index is 0.0762. The van der Waals surface area contributed by atoms with E-state index in [0.29, 0.717) is 17.3 Å². The maximum absolute atomic E-state index is 11.3. The number of hydrogen-bond donors (Lipinski definition) is 1. The van der Waals surface area contributed by atoms with Gasteiger partial charge in [0.05, 0.1) is 0 Å². The number of rotatable bonds is 4. The molecule has 1 amide bonds. The van der Waals surface area contributed by atoms with Crippen LogP contribution < -0.4 is 5.32 Å². The second-order valence-electron chi connectivity index (χ2n) is 7.62. The molecule has 21 heavy (non-hydrogen) atoms. The number of nitrogens with one attached hydrogen (secondary N) is 1. The SMILES string of the molecule is CC(C)C1(c2ccccc2)CCC2(C)CCC2C1NC=O. The molecule has 0 heterocycles. The van der Waals surface area contributed by atoms with Gasteiger partial charge in [-0.05, 0) is 48.5 Å². The van der Waals surface area contributed by atoms with Crippen molar-refractivity contribution in [3.63, 3.8) is 0 Å². The maximum atomic E-state index is 11.3. The van der Waals surface area contributed by atoms with Crippen molar-refractivity contribution in [2.45, 2.75) is 57.9 Å². The van der Waals surface area contributed by atoms with Gasteiger partial charge in [0.15, 0.2) is 0 Å². The third-order valence-corrected chi connectivity index (χ3v) is 6.58. The van der Waals surface area contributed by atoms with E-state index in [0.717, 1.165) is 6.41 Å². The minimum absolute atomic E-state index is 0.0762. The molecule has 0 bridgehead atoms. The zero-order chi connectivity index (χ0) is 15.1. The largest absolute Gasteiger partial charge is 0.355 e. The first-order valence-electron chi connectivity index (χ1n) is 8.30.